The Bertz CT molecular complexity index is 907. The first-order valence-corrected chi connectivity index (χ1v) is 10.0. The molecule has 26 heavy (non-hydrogen) atoms. The van der Waals surface area contributed by atoms with Gasteiger partial charge in [-0.2, -0.15) is 0 Å². The number of hydrogen-bond acceptors (Lipinski definition) is 3. The number of rotatable bonds is 5. The molecule has 0 saturated carbocycles. The van der Waals surface area contributed by atoms with Crippen LogP contribution in [0.2, 0.25) is 0 Å². The third-order valence-corrected chi connectivity index (χ3v) is 5.90. The molecule has 0 saturated heterocycles. The second kappa shape index (κ2) is 8.19. The topological polar surface area (TPSA) is 57.4 Å². The average molecular weight is 447 g/mol. The molecule has 0 fully saturated rings. The summed E-state index contributed by atoms with van der Waals surface area (Å²) >= 11 is 1.62. The quantitative estimate of drug-likeness (QED) is 0.378. The van der Waals surface area contributed by atoms with E-state index in [-0.39, 0.29) is 9.86 Å². The fourth-order valence-electron chi connectivity index (χ4n) is 2.35. The molecule has 142 valence electrons. The fourth-order valence-corrected chi connectivity index (χ4v) is 3.42. The summed E-state index contributed by atoms with van der Waals surface area (Å²) in [7, 11) is 0. The first-order valence-electron chi connectivity index (χ1n) is 8.15. The Morgan fingerprint density at radius 1 is 1.35 bits per heavy atom. The number of fused-ring (bicyclic) bond motifs is 1. The van der Waals surface area contributed by atoms with Gasteiger partial charge in [0.15, 0.2) is 11.6 Å². The minimum absolute atomic E-state index is 0.0154. The summed E-state index contributed by atoms with van der Waals surface area (Å²) in [5, 5.41) is 0.0859. The molecule has 1 aromatic carbocycles. The van der Waals surface area contributed by atoms with Gasteiger partial charge in [0.05, 0.1) is 15.6 Å². The predicted octanol–water partition coefficient (Wildman–Crippen LogP) is 4.75. The highest BCUT2D eigenvalue weighted by Gasteiger charge is 2.26. The molecule has 0 spiro atoms. The van der Waals surface area contributed by atoms with Crippen LogP contribution in [0.3, 0.4) is 0 Å². The number of halogens is 3. The van der Waals surface area contributed by atoms with Gasteiger partial charge in [-0.05, 0) is 74.0 Å². The molecule has 0 aliphatic carbocycles. The first kappa shape index (κ1) is 21.1. The largest absolute Gasteiger partial charge is 0.591 e. The average Bonchev–Trinajstić information content (AvgIpc) is 2.53. The number of hydrogen-bond donors (Lipinski definition) is 0. The maximum absolute atomic E-state index is 14.1. The zero-order chi connectivity index (χ0) is 19.6. The van der Waals surface area contributed by atoms with Crippen LogP contribution in [-0.2, 0) is 17.9 Å². The van der Waals surface area contributed by atoms with Gasteiger partial charge in [0.2, 0.25) is 0 Å². The van der Waals surface area contributed by atoms with Crippen LogP contribution in [0.15, 0.2) is 32.0 Å². The van der Waals surface area contributed by atoms with Crippen molar-refractivity contribution < 1.29 is 13.3 Å². The fraction of sp³-hybridized carbons (Fsp3) is 0.444. The van der Waals surface area contributed by atoms with Gasteiger partial charge in [-0.1, -0.05) is 4.40 Å². The van der Waals surface area contributed by atoms with E-state index in [0.29, 0.717) is 24.8 Å². The maximum Gasteiger partial charge on any atom is 0.261 e. The summed E-state index contributed by atoms with van der Waals surface area (Å²) < 4.78 is 44.9. The third-order valence-electron chi connectivity index (χ3n) is 3.80. The van der Waals surface area contributed by atoms with Gasteiger partial charge in [-0.25, -0.2) is 8.78 Å². The van der Waals surface area contributed by atoms with Crippen LogP contribution in [0.5, 0.6) is 0 Å². The number of aryl methyl sites for hydroxylation is 1. The molecule has 0 amide bonds. The maximum atomic E-state index is 14.1. The van der Waals surface area contributed by atoms with Crippen LogP contribution in [-0.4, -0.2) is 19.6 Å². The molecular weight excluding hydrogens is 426 g/mol. The molecule has 1 unspecified atom stereocenters. The smallest absolute Gasteiger partial charge is 0.261 e. The second-order valence-electron chi connectivity index (χ2n) is 7.06. The van der Waals surface area contributed by atoms with E-state index in [0.717, 1.165) is 5.71 Å². The summed E-state index contributed by atoms with van der Waals surface area (Å²) in [6.07, 6.45) is 2.69. The van der Waals surface area contributed by atoms with Crippen LogP contribution in [0.1, 0.15) is 40.5 Å². The van der Waals surface area contributed by atoms with E-state index in [1.54, 1.807) is 19.2 Å². The van der Waals surface area contributed by atoms with Gasteiger partial charge >= 0.3 is 0 Å². The van der Waals surface area contributed by atoms with Crippen molar-refractivity contribution in [3.63, 3.8) is 0 Å². The molecule has 2 rings (SSSR count). The number of pyridine rings is 1. The Labute approximate surface area is 162 Å². The first-order chi connectivity index (χ1) is 12.0. The molecule has 0 aliphatic heterocycles. The van der Waals surface area contributed by atoms with E-state index in [1.807, 2.05) is 20.8 Å². The van der Waals surface area contributed by atoms with E-state index in [2.05, 4.69) is 20.3 Å². The minimum Gasteiger partial charge on any atom is -0.591 e. The van der Waals surface area contributed by atoms with Crippen molar-refractivity contribution in [2.45, 2.75) is 51.8 Å². The van der Waals surface area contributed by atoms with Crippen molar-refractivity contribution >= 4 is 43.8 Å². The Morgan fingerprint density at radius 3 is 2.62 bits per heavy atom. The van der Waals surface area contributed by atoms with Crippen molar-refractivity contribution in [3.8, 4) is 0 Å². The van der Waals surface area contributed by atoms with Gasteiger partial charge in [0, 0.05) is 12.7 Å². The highest BCUT2D eigenvalue weighted by Crippen LogP contribution is 2.25. The molecule has 1 aromatic heterocycles. The molecule has 8 heteroatoms. The number of nitrogens with zero attached hydrogens (tertiary/aromatic N) is 2. The lowest BCUT2D eigenvalue weighted by Gasteiger charge is -2.18. The monoisotopic (exact) mass is 446 g/mol. The predicted molar refractivity (Wildman–Crippen MR) is 106 cm³/mol. The van der Waals surface area contributed by atoms with E-state index < -0.39 is 33.3 Å². The van der Waals surface area contributed by atoms with Crippen molar-refractivity contribution in [1.82, 2.24) is 4.57 Å². The minimum atomic E-state index is -1.32. The molecule has 0 radical (unpaired) electrons. The second-order valence-corrected chi connectivity index (χ2v) is 9.82. The lowest BCUT2D eigenvalue weighted by atomic mass is 10.1. The van der Waals surface area contributed by atoms with Crippen LogP contribution in [0.25, 0.3) is 10.8 Å². The Morgan fingerprint density at radius 2 is 2.00 bits per heavy atom. The van der Waals surface area contributed by atoms with Crippen molar-refractivity contribution in [2.24, 2.45) is 4.40 Å². The van der Waals surface area contributed by atoms with Crippen molar-refractivity contribution in [1.29, 1.82) is 0 Å². The normalized spacial score (nSPS) is 14.1. The van der Waals surface area contributed by atoms with E-state index in [9.17, 15) is 18.1 Å². The molecular formula is C18H21BrF2N2O2S. The number of aromatic nitrogens is 1. The SMILES string of the molecule is C/C(CCCn1ccc2cc(Br)c(F)c(F)c2c1=O)=N\[S+]([O-])C(C)(C)C. The molecule has 0 bridgehead atoms. The van der Waals surface area contributed by atoms with Gasteiger partial charge in [-0.15, -0.1) is 0 Å². The Hall–Kier alpha value is -1.25. The molecule has 4 nitrogen and oxygen atoms in total. The van der Waals surface area contributed by atoms with Crippen molar-refractivity contribution in [3.05, 3.63) is 44.8 Å². The Balaban J connectivity index is 2.16. The van der Waals surface area contributed by atoms with E-state index in [4.69, 9.17) is 0 Å². The van der Waals surface area contributed by atoms with Crippen LogP contribution in [0, 0.1) is 11.6 Å². The summed E-state index contributed by atoms with van der Waals surface area (Å²) in [6.45, 7) is 7.67. The van der Waals surface area contributed by atoms with E-state index >= 15 is 0 Å². The summed E-state index contributed by atoms with van der Waals surface area (Å²) in [6, 6.07) is 2.97. The van der Waals surface area contributed by atoms with Gasteiger partial charge < -0.3 is 9.12 Å². The molecule has 1 atom stereocenters. The molecule has 0 aliphatic rings. The zero-order valence-corrected chi connectivity index (χ0v) is 17.5. The van der Waals surface area contributed by atoms with Gasteiger partial charge in [0.25, 0.3) is 5.56 Å². The van der Waals surface area contributed by atoms with Crippen LogP contribution < -0.4 is 5.56 Å². The van der Waals surface area contributed by atoms with Crippen LogP contribution >= 0.6 is 15.9 Å². The van der Waals surface area contributed by atoms with E-state index in [1.165, 1.54) is 10.6 Å². The highest BCUT2D eigenvalue weighted by atomic mass is 79.9. The van der Waals surface area contributed by atoms with Gasteiger partial charge in [-0.3, -0.25) is 4.79 Å². The molecule has 0 N–H and O–H groups in total. The van der Waals surface area contributed by atoms with Crippen molar-refractivity contribution in [2.75, 3.05) is 0 Å². The summed E-state index contributed by atoms with van der Waals surface area (Å²) in [4.78, 5) is 12.5. The lowest BCUT2D eigenvalue weighted by Crippen LogP contribution is -2.26. The van der Waals surface area contributed by atoms with Crippen LogP contribution in [0.4, 0.5) is 8.78 Å². The third kappa shape index (κ3) is 4.72. The Kier molecular flexibility index (Phi) is 6.63. The summed E-state index contributed by atoms with van der Waals surface area (Å²) in [5.41, 5.74) is 0.160. The lowest BCUT2D eigenvalue weighted by molar-refractivity contribution is 0.510. The highest BCUT2D eigenvalue weighted by molar-refractivity contribution is 9.10. The zero-order valence-electron chi connectivity index (χ0n) is 15.1. The summed E-state index contributed by atoms with van der Waals surface area (Å²) in [5.74, 6) is -2.22. The molecule has 2 aromatic rings. The standard InChI is InChI=1S/C18H21BrF2N2O2S/c1-11(22-26(25)18(2,3)4)6-5-8-23-9-7-12-10-13(19)15(20)16(21)14(12)17(23)24/h7,9-10H,5-6,8H2,1-4H3/b22-11+. The number of benzene rings is 1. The van der Waals surface area contributed by atoms with Gasteiger partial charge in [0.1, 0.15) is 16.1 Å². The molecule has 1 heterocycles.